The molecule has 0 bridgehead atoms. The van der Waals surface area contributed by atoms with E-state index in [0.717, 1.165) is 11.8 Å². The molecule has 0 saturated carbocycles. The summed E-state index contributed by atoms with van der Waals surface area (Å²) in [6.07, 6.45) is 0.551. The number of ether oxygens (including phenoxy) is 2. The van der Waals surface area contributed by atoms with Crippen molar-refractivity contribution in [2.75, 3.05) is 0 Å². The van der Waals surface area contributed by atoms with Gasteiger partial charge in [0.1, 0.15) is 24.3 Å². The van der Waals surface area contributed by atoms with Gasteiger partial charge in [-0.05, 0) is 45.9 Å². The number of hydrogen-bond acceptors (Lipinski definition) is 4. The van der Waals surface area contributed by atoms with Crippen LogP contribution < -0.4 is 0 Å². The molecule has 0 fully saturated rings. The summed E-state index contributed by atoms with van der Waals surface area (Å²) in [5.74, 6) is 3.15. The third-order valence-corrected chi connectivity index (χ3v) is 7.19. The molecule has 0 radical (unpaired) electrons. The normalized spacial score (nSPS) is 23.6. The van der Waals surface area contributed by atoms with Gasteiger partial charge in [0.2, 0.25) is 0 Å². The number of benzene rings is 2. The molecule has 4 rings (SSSR count). The van der Waals surface area contributed by atoms with Crippen molar-refractivity contribution in [1.82, 2.24) is 0 Å². The van der Waals surface area contributed by atoms with Crippen LogP contribution in [0.5, 0.6) is 0 Å². The van der Waals surface area contributed by atoms with Crippen LogP contribution in [0.1, 0.15) is 108 Å². The van der Waals surface area contributed by atoms with Crippen LogP contribution in [-0.2, 0) is 26.0 Å². The van der Waals surface area contributed by atoms with Gasteiger partial charge in [-0.2, -0.15) is 0 Å². The van der Waals surface area contributed by atoms with Crippen LogP contribution in [0.4, 0.5) is 0 Å². The van der Waals surface area contributed by atoms with Gasteiger partial charge in [0.25, 0.3) is 0 Å². The SMILES string of the molecule is CC(C)c1cccc([C@H]2N=C(CC3=N[C@H](c4cccc(C(C)C)c4)C(C(C)C)O3)OC2C(C)C)c1.[Ni]. The van der Waals surface area contributed by atoms with Crippen LogP contribution in [0.2, 0.25) is 0 Å². The number of aliphatic imine (C=N–C) groups is 2. The minimum atomic E-state index is 0. The van der Waals surface area contributed by atoms with Crippen molar-refractivity contribution >= 4 is 11.8 Å². The molecule has 0 aliphatic carbocycles. The average Bonchev–Trinajstić information content (AvgIpc) is 3.44. The molecular formula is C31H42N2NiO2. The number of rotatable bonds is 8. The maximum absolute atomic E-state index is 6.43. The van der Waals surface area contributed by atoms with Gasteiger partial charge in [0.15, 0.2) is 11.8 Å². The van der Waals surface area contributed by atoms with Gasteiger partial charge in [-0.1, -0.05) is 104 Å². The van der Waals surface area contributed by atoms with Crippen LogP contribution in [-0.4, -0.2) is 24.0 Å². The second-order valence-electron chi connectivity index (χ2n) is 11.4. The van der Waals surface area contributed by atoms with Crippen molar-refractivity contribution < 1.29 is 26.0 Å². The molecule has 2 aromatic carbocycles. The van der Waals surface area contributed by atoms with Gasteiger partial charge in [-0.25, -0.2) is 9.98 Å². The summed E-state index contributed by atoms with van der Waals surface area (Å²) in [5, 5.41) is 0. The zero-order chi connectivity index (χ0) is 25.3. The second kappa shape index (κ2) is 11.9. The Bertz CT molecular complexity index is 1000. The number of nitrogens with zero attached hydrogens (tertiary/aromatic N) is 2. The molecule has 0 aromatic heterocycles. The molecule has 2 aliphatic rings. The fourth-order valence-electron chi connectivity index (χ4n) is 5.00. The minimum Gasteiger partial charge on any atom is -0.474 e. The smallest absolute Gasteiger partial charge is 0.193 e. The van der Waals surface area contributed by atoms with Gasteiger partial charge >= 0.3 is 0 Å². The van der Waals surface area contributed by atoms with Crippen LogP contribution in [0, 0.1) is 11.8 Å². The summed E-state index contributed by atoms with van der Waals surface area (Å²) in [7, 11) is 0. The molecule has 4 nitrogen and oxygen atoms in total. The fourth-order valence-corrected chi connectivity index (χ4v) is 5.00. The Morgan fingerprint density at radius 3 is 1.36 bits per heavy atom. The van der Waals surface area contributed by atoms with E-state index in [1.807, 2.05) is 0 Å². The van der Waals surface area contributed by atoms with Gasteiger partial charge in [-0.15, -0.1) is 0 Å². The van der Waals surface area contributed by atoms with E-state index in [4.69, 9.17) is 19.5 Å². The summed E-state index contributed by atoms with van der Waals surface area (Å²) in [6.45, 7) is 17.7. The molecule has 2 aliphatic heterocycles. The Balaban J connectivity index is 0.00000361. The summed E-state index contributed by atoms with van der Waals surface area (Å²) >= 11 is 0. The van der Waals surface area contributed by atoms with Crippen LogP contribution in [0.25, 0.3) is 0 Å². The molecule has 5 heteroatoms. The second-order valence-corrected chi connectivity index (χ2v) is 11.4. The maximum atomic E-state index is 6.43. The van der Waals surface area contributed by atoms with Gasteiger partial charge in [0, 0.05) is 16.5 Å². The Hall–Kier alpha value is -2.13. The Morgan fingerprint density at radius 1 is 0.639 bits per heavy atom. The molecule has 0 N–H and O–H groups in total. The van der Waals surface area contributed by atoms with E-state index in [0.29, 0.717) is 30.1 Å². The Kier molecular flexibility index (Phi) is 9.44. The van der Waals surface area contributed by atoms with Crippen molar-refractivity contribution in [3.05, 3.63) is 70.8 Å². The minimum absolute atomic E-state index is 0. The van der Waals surface area contributed by atoms with Crippen molar-refractivity contribution in [3.8, 4) is 0 Å². The molecule has 2 aromatic rings. The summed E-state index contributed by atoms with van der Waals surface area (Å²) in [6, 6.07) is 17.6. The first kappa shape index (κ1) is 28.4. The van der Waals surface area contributed by atoms with Crippen molar-refractivity contribution in [3.63, 3.8) is 0 Å². The molecular weight excluding hydrogens is 491 g/mol. The topological polar surface area (TPSA) is 43.2 Å². The van der Waals surface area contributed by atoms with E-state index in [1.165, 1.54) is 22.3 Å². The molecule has 0 spiro atoms. The average molecular weight is 533 g/mol. The molecule has 2 heterocycles. The Morgan fingerprint density at radius 2 is 1.03 bits per heavy atom. The van der Waals surface area contributed by atoms with Crippen LogP contribution in [0.15, 0.2) is 58.5 Å². The zero-order valence-corrected chi connectivity index (χ0v) is 24.0. The Labute approximate surface area is 227 Å². The van der Waals surface area contributed by atoms with Crippen LogP contribution >= 0.6 is 0 Å². The van der Waals surface area contributed by atoms with Crippen molar-refractivity contribution in [1.29, 1.82) is 0 Å². The largest absolute Gasteiger partial charge is 0.474 e. The predicted octanol–water partition coefficient (Wildman–Crippen LogP) is 8.01. The summed E-state index contributed by atoms with van der Waals surface area (Å²) < 4.78 is 12.9. The van der Waals surface area contributed by atoms with E-state index in [9.17, 15) is 0 Å². The molecule has 36 heavy (non-hydrogen) atoms. The van der Waals surface area contributed by atoms with E-state index in [2.05, 4.69) is 104 Å². The summed E-state index contributed by atoms with van der Waals surface area (Å²) in [5.41, 5.74) is 5.12. The first-order valence-corrected chi connectivity index (χ1v) is 13.3. The third kappa shape index (κ3) is 6.22. The van der Waals surface area contributed by atoms with E-state index in [-0.39, 0.29) is 40.8 Å². The first-order valence-electron chi connectivity index (χ1n) is 13.3. The van der Waals surface area contributed by atoms with E-state index >= 15 is 0 Å². The zero-order valence-electron chi connectivity index (χ0n) is 23.0. The van der Waals surface area contributed by atoms with Gasteiger partial charge < -0.3 is 9.47 Å². The molecule has 4 atom stereocenters. The predicted molar refractivity (Wildman–Crippen MR) is 145 cm³/mol. The maximum Gasteiger partial charge on any atom is 0.193 e. The fraction of sp³-hybridized carbons (Fsp3) is 0.548. The van der Waals surface area contributed by atoms with E-state index < -0.39 is 0 Å². The van der Waals surface area contributed by atoms with Gasteiger partial charge in [0.05, 0.1) is 6.42 Å². The first-order chi connectivity index (χ1) is 16.6. The number of hydrogen-bond donors (Lipinski definition) is 0. The van der Waals surface area contributed by atoms with Crippen molar-refractivity contribution in [2.45, 2.75) is 97.9 Å². The van der Waals surface area contributed by atoms with Crippen molar-refractivity contribution in [2.24, 2.45) is 21.8 Å². The van der Waals surface area contributed by atoms with E-state index in [1.54, 1.807) is 0 Å². The molecule has 0 saturated heterocycles. The third-order valence-electron chi connectivity index (χ3n) is 7.19. The monoisotopic (exact) mass is 532 g/mol. The van der Waals surface area contributed by atoms with Gasteiger partial charge in [-0.3, -0.25) is 0 Å². The molecule has 0 amide bonds. The molecule has 198 valence electrons. The van der Waals surface area contributed by atoms with Crippen LogP contribution in [0.3, 0.4) is 0 Å². The standard InChI is InChI=1S/C31H42N2O2.Ni/c1-18(2)22-11-9-13-24(15-22)28-30(20(5)6)34-26(32-28)17-27-33-29(31(35-27)21(7)8)25-14-10-12-23(16-25)19(3)4;/h9-16,18-21,28-31H,17H2,1-8H3;/t28-,29-,30?,31?;/m1./s1. The molecule has 2 unspecified atom stereocenters. The quantitative estimate of drug-likeness (QED) is 0.323. The summed E-state index contributed by atoms with van der Waals surface area (Å²) in [4.78, 5) is 10.1.